The van der Waals surface area contributed by atoms with E-state index in [1.54, 1.807) is 0 Å². The number of pyridine rings is 1. The third-order valence-corrected chi connectivity index (χ3v) is 2.08. The van der Waals surface area contributed by atoms with Crippen molar-refractivity contribution in [2.45, 2.75) is 0 Å². The number of aromatic carboxylic acids is 4. The van der Waals surface area contributed by atoms with E-state index in [1.807, 2.05) is 0 Å². The molecule has 0 spiro atoms. The van der Waals surface area contributed by atoms with Crippen LogP contribution in [0.3, 0.4) is 0 Å². The van der Waals surface area contributed by atoms with Gasteiger partial charge in [0.25, 0.3) is 0 Å². The van der Waals surface area contributed by atoms with E-state index < -0.39 is 51.1 Å². The molecule has 0 bridgehead atoms. The van der Waals surface area contributed by atoms with Gasteiger partial charge in [-0.15, -0.1) is 0 Å². The lowest BCUT2D eigenvalue weighted by atomic mass is 10.0. The first kappa shape index (κ1) is 13.9. The molecule has 1 aromatic heterocycles. The Hall–Kier alpha value is -3.17. The van der Waals surface area contributed by atoms with Crippen LogP contribution >= 0.6 is 0 Å². The summed E-state index contributed by atoms with van der Waals surface area (Å²) in [6.07, 6.45) is 0. The van der Waals surface area contributed by atoms with Crippen LogP contribution < -0.4 is 4.73 Å². The molecule has 0 fully saturated rings. The van der Waals surface area contributed by atoms with Gasteiger partial charge < -0.3 is 25.6 Å². The van der Waals surface area contributed by atoms with Crippen LogP contribution in [-0.4, -0.2) is 44.3 Å². The van der Waals surface area contributed by atoms with E-state index in [1.165, 1.54) is 0 Å². The summed E-state index contributed by atoms with van der Waals surface area (Å²) < 4.78 is -0.652. The number of aromatic nitrogens is 1. The summed E-state index contributed by atoms with van der Waals surface area (Å²) in [6, 6.07) is 0.285. The van der Waals surface area contributed by atoms with Crippen molar-refractivity contribution >= 4 is 23.9 Å². The molecule has 10 heteroatoms. The van der Waals surface area contributed by atoms with Crippen molar-refractivity contribution in [1.82, 2.24) is 0 Å². The SMILES string of the molecule is O=C(O)c1cc(C(=O)O)[n+]([O-])c(C(=O)O)c1C(=O)O. The van der Waals surface area contributed by atoms with Gasteiger partial charge in [0.05, 0.1) is 5.56 Å². The average molecular weight is 271 g/mol. The number of carbonyl (C=O) groups is 4. The molecule has 10 nitrogen and oxygen atoms in total. The Morgan fingerprint density at radius 3 is 1.74 bits per heavy atom. The van der Waals surface area contributed by atoms with Crippen molar-refractivity contribution in [3.8, 4) is 0 Å². The van der Waals surface area contributed by atoms with Crippen LogP contribution in [0.2, 0.25) is 0 Å². The monoisotopic (exact) mass is 271 g/mol. The van der Waals surface area contributed by atoms with Crippen LogP contribution in [0.25, 0.3) is 0 Å². The molecule has 19 heavy (non-hydrogen) atoms. The molecule has 1 heterocycles. The van der Waals surface area contributed by atoms with E-state index >= 15 is 0 Å². The smallest absolute Gasteiger partial charge is 0.403 e. The molecule has 0 radical (unpaired) electrons. The van der Waals surface area contributed by atoms with Gasteiger partial charge in [-0.25, -0.2) is 19.2 Å². The van der Waals surface area contributed by atoms with Gasteiger partial charge in [0, 0.05) is 6.07 Å². The Balaban J connectivity index is 3.94. The maximum absolute atomic E-state index is 11.5. The molecule has 0 aliphatic rings. The highest BCUT2D eigenvalue weighted by atomic mass is 16.5. The van der Waals surface area contributed by atoms with Crippen LogP contribution in [0.5, 0.6) is 0 Å². The van der Waals surface area contributed by atoms with Crippen LogP contribution in [0.15, 0.2) is 6.07 Å². The first-order valence-electron chi connectivity index (χ1n) is 4.42. The van der Waals surface area contributed by atoms with Crippen molar-refractivity contribution < 1.29 is 44.3 Å². The van der Waals surface area contributed by atoms with Crippen LogP contribution in [-0.2, 0) is 0 Å². The second-order valence-electron chi connectivity index (χ2n) is 3.18. The summed E-state index contributed by atoms with van der Waals surface area (Å²) in [5, 5.41) is 46.4. The second-order valence-corrected chi connectivity index (χ2v) is 3.18. The minimum absolute atomic E-state index is 0.285. The summed E-state index contributed by atoms with van der Waals surface area (Å²) in [5.41, 5.74) is -5.08. The molecule has 0 aromatic carbocycles. The lowest BCUT2D eigenvalue weighted by Crippen LogP contribution is -2.44. The van der Waals surface area contributed by atoms with Crippen LogP contribution in [0.4, 0.5) is 0 Å². The number of hydrogen-bond donors (Lipinski definition) is 4. The van der Waals surface area contributed by atoms with E-state index in [0.717, 1.165) is 0 Å². The van der Waals surface area contributed by atoms with Gasteiger partial charge in [-0.3, -0.25) is 0 Å². The maximum Gasteiger partial charge on any atom is 0.403 e. The summed E-state index contributed by atoms with van der Waals surface area (Å²) >= 11 is 0. The second kappa shape index (κ2) is 4.60. The van der Waals surface area contributed by atoms with E-state index in [0.29, 0.717) is 0 Å². The topological polar surface area (TPSA) is 176 Å². The van der Waals surface area contributed by atoms with Crippen LogP contribution in [0.1, 0.15) is 41.7 Å². The van der Waals surface area contributed by atoms with Crippen molar-refractivity contribution in [2.75, 3.05) is 0 Å². The maximum atomic E-state index is 11.5. The van der Waals surface area contributed by atoms with Crippen molar-refractivity contribution in [3.05, 3.63) is 33.8 Å². The number of carboxylic acids is 4. The highest BCUT2D eigenvalue weighted by molar-refractivity contribution is 6.08. The van der Waals surface area contributed by atoms with Gasteiger partial charge in [-0.2, -0.15) is 4.73 Å². The van der Waals surface area contributed by atoms with Gasteiger partial charge in [0.1, 0.15) is 0 Å². The molecule has 4 N–H and O–H groups in total. The fourth-order valence-corrected chi connectivity index (χ4v) is 1.34. The molecule has 0 unspecified atom stereocenters. The summed E-state index contributed by atoms with van der Waals surface area (Å²) in [5.74, 6) is -7.80. The highest BCUT2D eigenvalue weighted by Crippen LogP contribution is 2.14. The largest absolute Gasteiger partial charge is 0.617 e. The van der Waals surface area contributed by atoms with Crippen molar-refractivity contribution in [3.63, 3.8) is 0 Å². The number of carboxylic acid groups (broad SMARTS) is 4. The Morgan fingerprint density at radius 1 is 0.895 bits per heavy atom. The molecule has 0 saturated heterocycles. The van der Waals surface area contributed by atoms with Crippen molar-refractivity contribution in [2.24, 2.45) is 0 Å². The Kier molecular flexibility index (Phi) is 3.36. The fraction of sp³-hybridized carbons (Fsp3) is 0. The van der Waals surface area contributed by atoms with Gasteiger partial charge in [0.2, 0.25) is 0 Å². The molecule has 0 atom stereocenters. The summed E-state index contributed by atoms with van der Waals surface area (Å²) in [7, 11) is 0. The lowest BCUT2D eigenvalue weighted by molar-refractivity contribution is -0.611. The Morgan fingerprint density at radius 2 is 1.42 bits per heavy atom. The van der Waals surface area contributed by atoms with E-state index in [4.69, 9.17) is 20.4 Å². The summed E-state index contributed by atoms with van der Waals surface area (Å²) in [6.45, 7) is 0. The highest BCUT2D eigenvalue weighted by Gasteiger charge is 2.36. The van der Waals surface area contributed by atoms with E-state index in [2.05, 4.69) is 0 Å². The number of nitrogens with zero attached hydrogens (tertiary/aromatic N) is 1. The normalized spacial score (nSPS) is 9.89. The molecule has 1 rings (SSSR count). The molecular weight excluding hydrogens is 266 g/mol. The first-order valence-corrected chi connectivity index (χ1v) is 4.42. The molecule has 0 saturated carbocycles. The quantitative estimate of drug-likeness (QED) is 0.399. The zero-order valence-electron chi connectivity index (χ0n) is 8.85. The predicted octanol–water partition coefficient (Wildman–Crippen LogP) is -0.887. The number of hydrogen-bond acceptors (Lipinski definition) is 5. The molecular formula is C9H5NO9. The van der Waals surface area contributed by atoms with E-state index in [-0.39, 0.29) is 6.07 Å². The third kappa shape index (κ3) is 2.26. The number of rotatable bonds is 4. The molecule has 1 aromatic rings. The predicted molar refractivity (Wildman–Crippen MR) is 53.2 cm³/mol. The zero-order valence-corrected chi connectivity index (χ0v) is 8.85. The van der Waals surface area contributed by atoms with Gasteiger partial charge in [-0.1, -0.05) is 0 Å². The minimum Gasteiger partial charge on any atom is -0.617 e. The molecule has 100 valence electrons. The molecule has 0 aliphatic heterocycles. The lowest BCUT2D eigenvalue weighted by Gasteiger charge is -2.09. The van der Waals surface area contributed by atoms with Gasteiger partial charge in [0.15, 0.2) is 5.56 Å². The van der Waals surface area contributed by atoms with Gasteiger partial charge >= 0.3 is 35.3 Å². The van der Waals surface area contributed by atoms with E-state index in [9.17, 15) is 24.4 Å². The zero-order chi connectivity index (χ0) is 14.9. The standard InChI is InChI=1S/C9H5NO9/c11-6(12)2-1-3(7(13)14)10(19)5(9(17)18)4(2)8(15)16/h1H,(H,11,12)(H,13,14)(H,15,16)(H,17,18). The fourth-order valence-electron chi connectivity index (χ4n) is 1.34. The Bertz CT molecular complexity index is 619. The van der Waals surface area contributed by atoms with Gasteiger partial charge in [-0.05, 0) is 0 Å². The van der Waals surface area contributed by atoms with Crippen LogP contribution in [0, 0.1) is 5.21 Å². The molecule has 0 aliphatic carbocycles. The summed E-state index contributed by atoms with van der Waals surface area (Å²) in [4.78, 5) is 43.2. The molecule has 0 amide bonds. The average Bonchev–Trinajstić information content (AvgIpc) is 2.26. The Labute approximate surface area is 103 Å². The van der Waals surface area contributed by atoms with Crippen molar-refractivity contribution in [1.29, 1.82) is 0 Å². The first-order chi connectivity index (χ1) is 8.68. The third-order valence-electron chi connectivity index (χ3n) is 2.08. The minimum atomic E-state index is -2.06.